The molecule has 0 radical (unpaired) electrons. The van der Waals surface area contributed by atoms with Gasteiger partial charge >= 0.3 is 0 Å². The second kappa shape index (κ2) is 2.40. The first-order valence-electron chi connectivity index (χ1n) is 3.48. The van der Waals surface area contributed by atoms with E-state index in [-0.39, 0.29) is 0 Å². The highest BCUT2D eigenvalue weighted by Crippen LogP contribution is 2.15. The molecule has 0 amide bonds. The molecule has 0 aromatic carbocycles. The maximum Gasteiger partial charge on any atom is 0.0985 e. The molecule has 1 aromatic rings. The van der Waals surface area contributed by atoms with Crippen LogP contribution in [0.1, 0.15) is 11.6 Å². The highest BCUT2D eigenvalue weighted by atomic mass is 16.5. The zero-order valence-electron chi connectivity index (χ0n) is 6.03. The van der Waals surface area contributed by atoms with Gasteiger partial charge in [0.25, 0.3) is 0 Å². The molecule has 1 aromatic heterocycles. The van der Waals surface area contributed by atoms with Crippen molar-refractivity contribution in [3.63, 3.8) is 0 Å². The lowest BCUT2D eigenvalue weighted by Crippen LogP contribution is -2.30. The van der Waals surface area contributed by atoms with Gasteiger partial charge in [-0.2, -0.15) is 5.10 Å². The minimum absolute atomic E-state index is 0.400. The Labute approximate surface area is 65.0 Å². The van der Waals surface area contributed by atoms with E-state index in [4.69, 9.17) is 11.2 Å². The van der Waals surface area contributed by atoms with Crippen LogP contribution in [0, 0.1) is 12.3 Å². The Balaban J connectivity index is 2.19. The maximum absolute atomic E-state index is 5.19. The van der Waals surface area contributed by atoms with E-state index in [1.807, 2.05) is 10.9 Å². The first kappa shape index (κ1) is 6.44. The average molecular weight is 148 g/mol. The van der Waals surface area contributed by atoms with Crippen LogP contribution in [0.2, 0.25) is 0 Å². The second-order valence-electron chi connectivity index (χ2n) is 2.54. The fraction of sp³-hybridized carbons (Fsp3) is 0.375. The molecular formula is C8H8N2O. The van der Waals surface area contributed by atoms with Crippen LogP contribution in [0.4, 0.5) is 0 Å². The largest absolute Gasteiger partial charge is 0.377 e. The first-order chi connectivity index (χ1) is 5.40. The molecule has 0 spiro atoms. The molecular weight excluding hydrogens is 140 g/mol. The minimum atomic E-state index is 0.400. The molecule has 0 aliphatic carbocycles. The van der Waals surface area contributed by atoms with Gasteiger partial charge < -0.3 is 4.74 Å². The lowest BCUT2D eigenvalue weighted by atomic mass is 10.3. The van der Waals surface area contributed by atoms with Crippen LogP contribution in [0.3, 0.4) is 0 Å². The van der Waals surface area contributed by atoms with Gasteiger partial charge in [-0.25, -0.2) is 0 Å². The number of terminal acetylenes is 1. The molecule has 0 atom stereocenters. The van der Waals surface area contributed by atoms with E-state index in [1.165, 1.54) is 0 Å². The van der Waals surface area contributed by atoms with Crippen LogP contribution in [-0.2, 0) is 4.74 Å². The quantitative estimate of drug-likeness (QED) is 0.540. The van der Waals surface area contributed by atoms with Gasteiger partial charge in [0.1, 0.15) is 0 Å². The van der Waals surface area contributed by atoms with Crippen LogP contribution in [0.5, 0.6) is 0 Å². The van der Waals surface area contributed by atoms with Crippen molar-refractivity contribution < 1.29 is 4.74 Å². The Hall–Kier alpha value is -1.27. The Kier molecular flexibility index (Phi) is 1.41. The predicted octanol–water partition coefficient (Wildman–Crippen LogP) is 0.436. The van der Waals surface area contributed by atoms with Crippen LogP contribution in [0.25, 0.3) is 0 Å². The fourth-order valence-corrected chi connectivity index (χ4v) is 0.988. The van der Waals surface area contributed by atoms with Crippen molar-refractivity contribution in [2.45, 2.75) is 6.04 Å². The molecule has 1 saturated heterocycles. The zero-order chi connectivity index (χ0) is 7.68. The lowest BCUT2D eigenvalue weighted by molar-refractivity contribution is -0.0286. The van der Waals surface area contributed by atoms with Crippen molar-refractivity contribution in [1.82, 2.24) is 9.78 Å². The Bertz CT molecular complexity index is 293. The normalized spacial score (nSPS) is 17.4. The summed E-state index contributed by atoms with van der Waals surface area (Å²) in [7, 11) is 0. The Morgan fingerprint density at radius 2 is 2.55 bits per heavy atom. The van der Waals surface area contributed by atoms with Crippen LogP contribution >= 0.6 is 0 Å². The maximum atomic E-state index is 5.19. The van der Waals surface area contributed by atoms with Crippen molar-refractivity contribution >= 4 is 0 Å². The molecule has 11 heavy (non-hydrogen) atoms. The summed E-state index contributed by atoms with van der Waals surface area (Å²) in [4.78, 5) is 0. The molecule has 0 unspecified atom stereocenters. The summed E-state index contributed by atoms with van der Waals surface area (Å²) in [6.45, 7) is 1.51. The van der Waals surface area contributed by atoms with Crippen molar-refractivity contribution in [2.24, 2.45) is 0 Å². The van der Waals surface area contributed by atoms with Gasteiger partial charge in [0.05, 0.1) is 31.0 Å². The van der Waals surface area contributed by atoms with Crippen molar-refractivity contribution in [1.29, 1.82) is 0 Å². The molecule has 56 valence electrons. The third kappa shape index (κ3) is 1.02. The molecule has 0 bridgehead atoms. The molecule has 0 N–H and O–H groups in total. The second-order valence-corrected chi connectivity index (χ2v) is 2.54. The van der Waals surface area contributed by atoms with Gasteiger partial charge in [-0.3, -0.25) is 4.68 Å². The van der Waals surface area contributed by atoms with Gasteiger partial charge in [0.15, 0.2) is 0 Å². The number of hydrogen-bond donors (Lipinski definition) is 0. The monoisotopic (exact) mass is 148 g/mol. The highest BCUT2D eigenvalue weighted by molar-refractivity contribution is 5.26. The van der Waals surface area contributed by atoms with Crippen molar-refractivity contribution in [3.05, 3.63) is 18.0 Å². The van der Waals surface area contributed by atoms with E-state index in [2.05, 4.69) is 11.0 Å². The molecule has 0 saturated carbocycles. The third-order valence-electron chi connectivity index (χ3n) is 1.76. The van der Waals surface area contributed by atoms with Gasteiger partial charge in [-0.1, -0.05) is 5.92 Å². The van der Waals surface area contributed by atoms with E-state index in [0.717, 1.165) is 18.8 Å². The average Bonchev–Trinajstić information content (AvgIpc) is 2.32. The molecule has 1 aliphatic heterocycles. The summed E-state index contributed by atoms with van der Waals surface area (Å²) in [6.07, 6.45) is 8.75. The summed E-state index contributed by atoms with van der Waals surface area (Å²) >= 11 is 0. The number of aromatic nitrogens is 2. The number of hydrogen-bond acceptors (Lipinski definition) is 2. The topological polar surface area (TPSA) is 27.1 Å². The van der Waals surface area contributed by atoms with Crippen LogP contribution in [0.15, 0.2) is 12.4 Å². The Morgan fingerprint density at radius 1 is 1.73 bits per heavy atom. The summed E-state index contributed by atoms with van der Waals surface area (Å²) in [5.74, 6) is 2.53. The van der Waals surface area contributed by atoms with E-state index in [1.54, 1.807) is 6.20 Å². The zero-order valence-corrected chi connectivity index (χ0v) is 6.03. The smallest absolute Gasteiger partial charge is 0.0985 e. The molecule has 3 heteroatoms. The summed E-state index contributed by atoms with van der Waals surface area (Å²) in [5.41, 5.74) is 0.830. The van der Waals surface area contributed by atoms with Crippen LogP contribution in [-0.4, -0.2) is 23.0 Å². The summed E-state index contributed by atoms with van der Waals surface area (Å²) < 4.78 is 6.88. The molecule has 1 aliphatic rings. The van der Waals surface area contributed by atoms with Crippen LogP contribution < -0.4 is 0 Å². The summed E-state index contributed by atoms with van der Waals surface area (Å²) in [5, 5.41) is 4.10. The standard InChI is InChI=1S/C8H8N2O/c1-2-7-3-9-10(4-7)8-5-11-6-8/h1,3-4,8H,5-6H2. The van der Waals surface area contributed by atoms with Gasteiger partial charge in [0, 0.05) is 6.20 Å². The molecule has 2 heterocycles. The molecule has 3 nitrogen and oxygen atoms in total. The van der Waals surface area contributed by atoms with Gasteiger partial charge in [0.2, 0.25) is 0 Å². The highest BCUT2D eigenvalue weighted by Gasteiger charge is 2.20. The number of rotatable bonds is 1. The summed E-state index contributed by atoms with van der Waals surface area (Å²) in [6, 6.07) is 0.400. The van der Waals surface area contributed by atoms with Crippen molar-refractivity contribution in [2.75, 3.05) is 13.2 Å². The first-order valence-corrected chi connectivity index (χ1v) is 3.48. The SMILES string of the molecule is C#Cc1cnn(C2COC2)c1. The number of ether oxygens (including phenoxy) is 1. The molecule has 1 fully saturated rings. The third-order valence-corrected chi connectivity index (χ3v) is 1.76. The van der Waals surface area contributed by atoms with E-state index >= 15 is 0 Å². The molecule has 2 rings (SSSR count). The van der Waals surface area contributed by atoms with Gasteiger partial charge in [-0.05, 0) is 0 Å². The fourth-order valence-electron chi connectivity index (χ4n) is 0.988. The van der Waals surface area contributed by atoms with Crippen molar-refractivity contribution in [3.8, 4) is 12.3 Å². The predicted molar refractivity (Wildman–Crippen MR) is 40.0 cm³/mol. The lowest BCUT2D eigenvalue weighted by Gasteiger charge is -2.25. The van der Waals surface area contributed by atoms with Gasteiger partial charge in [-0.15, -0.1) is 6.42 Å². The minimum Gasteiger partial charge on any atom is -0.377 e. The number of nitrogens with zero attached hydrogens (tertiary/aromatic N) is 2. The van der Waals surface area contributed by atoms with E-state index in [0.29, 0.717) is 6.04 Å². The van der Waals surface area contributed by atoms with E-state index in [9.17, 15) is 0 Å². The Morgan fingerprint density at radius 3 is 3.00 bits per heavy atom. The van der Waals surface area contributed by atoms with E-state index < -0.39 is 0 Å².